The molecule has 18 heavy (non-hydrogen) atoms. The summed E-state index contributed by atoms with van der Waals surface area (Å²) < 4.78 is 26.3. The number of benzene rings is 1. The largest absolute Gasteiger partial charge is 0.481 e. The van der Waals surface area contributed by atoms with E-state index >= 15 is 0 Å². The molecule has 2 N–H and O–H groups in total. The molecule has 0 atom stereocenters. The van der Waals surface area contributed by atoms with Gasteiger partial charge in [0.15, 0.2) is 17.3 Å². The van der Waals surface area contributed by atoms with Gasteiger partial charge in [-0.05, 0) is 12.5 Å². The second-order valence-electron chi connectivity index (χ2n) is 3.44. The summed E-state index contributed by atoms with van der Waals surface area (Å²) in [6.45, 7) is -0.00644. The summed E-state index contributed by atoms with van der Waals surface area (Å²) in [6.07, 6.45) is -0.0276. The minimum absolute atomic E-state index is 0.00644. The number of rotatable bonds is 6. The summed E-state index contributed by atoms with van der Waals surface area (Å²) in [4.78, 5) is 20.0. The number of hydrogen-bond donors (Lipinski definition) is 2. The molecule has 0 saturated carbocycles. The molecule has 0 aliphatic rings. The number of nitro benzene ring substituents is 1. The number of hydrogen-bond acceptors (Lipinski definition) is 4. The van der Waals surface area contributed by atoms with Crippen molar-refractivity contribution in [1.82, 2.24) is 0 Å². The number of nitrogens with zero attached hydrogens (tertiary/aromatic N) is 1. The van der Waals surface area contributed by atoms with E-state index in [4.69, 9.17) is 5.11 Å². The van der Waals surface area contributed by atoms with Crippen molar-refractivity contribution in [2.24, 2.45) is 0 Å². The zero-order valence-electron chi connectivity index (χ0n) is 9.15. The average molecular weight is 260 g/mol. The summed E-state index contributed by atoms with van der Waals surface area (Å²) in [5.74, 6) is -3.59. The Kier molecular flexibility index (Phi) is 4.52. The van der Waals surface area contributed by atoms with Gasteiger partial charge in [0.1, 0.15) is 0 Å². The number of halogens is 2. The molecule has 8 heteroatoms. The minimum atomic E-state index is -1.35. The predicted molar refractivity (Wildman–Crippen MR) is 58.4 cm³/mol. The van der Waals surface area contributed by atoms with Crippen LogP contribution < -0.4 is 5.32 Å². The number of carboxylic acid groups (broad SMARTS) is 1. The van der Waals surface area contributed by atoms with Crippen LogP contribution in [0.25, 0.3) is 0 Å². The topological polar surface area (TPSA) is 92.5 Å². The third-order valence-corrected chi connectivity index (χ3v) is 2.14. The van der Waals surface area contributed by atoms with Gasteiger partial charge >= 0.3 is 5.97 Å². The highest BCUT2D eigenvalue weighted by Crippen LogP contribution is 2.28. The van der Waals surface area contributed by atoms with Crippen molar-refractivity contribution >= 4 is 17.3 Å². The molecule has 0 saturated heterocycles. The van der Waals surface area contributed by atoms with Crippen molar-refractivity contribution in [3.63, 3.8) is 0 Å². The van der Waals surface area contributed by atoms with Crippen LogP contribution in [0.1, 0.15) is 12.8 Å². The first kappa shape index (κ1) is 13.8. The van der Waals surface area contributed by atoms with Crippen LogP contribution in [0.3, 0.4) is 0 Å². The maximum absolute atomic E-state index is 13.4. The number of aliphatic carboxylic acids is 1. The fourth-order valence-corrected chi connectivity index (χ4v) is 1.31. The Morgan fingerprint density at radius 3 is 2.67 bits per heavy atom. The van der Waals surface area contributed by atoms with Gasteiger partial charge in [-0.25, -0.2) is 8.78 Å². The molecule has 0 aromatic heterocycles. The van der Waals surface area contributed by atoms with Gasteiger partial charge < -0.3 is 10.4 Å². The van der Waals surface area contributed by atoms with E-state index in [2.05, 4.69) is 5.32 Å². The number of carbonyl (C=O) groups is 1. The highest BCUT2D eigenvalue weighted by atomic mass is 19.2. The molecule has 0 amide bonds. The molecule has 0 radical (unpaired) electrons. The lowest BCUT2D eigenvalue weighted by atomic mass is 10.2. The van der Waals surface area contributed by atoms with Crippen LogP contribution >= 0.6 is 0 Å². The van der Waals surface area contributed by atoms with E-state index in [1.54, 1.807) is 0 Å². The lowest BCUT2D eigenvalue weighted by Crippen LogP contribution is -2.09. The van der Waals surface area contributed by atoms with Crippen LogP contribution in [-0.2, 0) is 4.79 Å². The summed E-state index contributed by atoms with van der Waals surface area (Å²) >= 11 is 0. The molecule has 1 aromatic carbocycles. The van der Waals surface area contributed by atoms with Crippen molar-refractivity contribution in [3.05, 3.63) is 33.9 Å². The zero-order valence-corrected chi connectivity index (χ0v) is 9.15. The Hall–Kier alpha value is -2.25. The molecular weight excluding hydrogens is 250 g/mol. The Morgan fingerprint density at radius 1 is 1.44 bits per heavy atom. The molecule has 0 heterocycles. The van der Waals surface area contributed by atoms with Crippen LogP contribution in [0.5, 0.6) is 0 Å². The van der Waals surface area contributed by atoms with Gasteiger partial charge in [0.25, 0.3) is 5.69 Å². The predicted octanol–water partition coefficient (Wildman–Crippen LogP) is 2.15. The average Bonchev–Trinajstić information content (AvgIpc) is 2.29. The third kappa shape index (κ3) is 3.37. The van der Waals surface area contributed by atoms with Gasteiger partial charge in [0, 0.05) is 19.0 Å². The molecule has 0 aliphatic heterocycles. The summed E-state index contributed by atoms with van der Waals surface area (Å²) in [5.41, 5.74) is -1.16. The van der Waals surface area contributed by atoms with Crippen LogP contribution in [0.15, 0.2) is 12.1 Å². The zero-order chi connectivity index (χ0) is 13.7. The highest BCUT2D eigenvalue weighted by Gasteiger charge is 2.21. The van der Waals surface area contributed by atoms with E-state index in [9.17, 15) is 23.7 Å². The summed E-state index contributed by atoms with van der Waals surface area (Å²) in [7, 11) is 0. The molecule has 0 unspecified atom stereocenters. The second kappa shape index (κ2) is 5.89. The van der Waals surface area contributed by atoms with E-state index in [-0.39, 0.29) is 19.4 Å². The summed E-state index contributed by atoms with van der Waals surface area (Å²) in [6, 6.07) is 1.51. The van der Waals surface area contributed by atoms with Gasteiger partial charge in [-0.15, -0.1) is 0 Å². The van der Waals surface area contributed by atoms with Crippen LogP contribution in [0.2, 0.25) is 0 Å². The highest BCUT2D eigenvalue weighted by molar-refractivity contribution is 5.67. The number of anilines is 1. The molecule has 98 valence electrons. The number of carboxylic acids is 1. The molecule has 0 bridgehead atoms. The van der Waals surface area contributed by atoms with E-state index in [1.807, 2.05) is 0 Å². The summed E-state index contributed by atoms with van der Waals surface area (Å²) in [5, 5.41) is 21.3. The van der Waals surface area contributed by atoms with Crippen LogP contribution in [0, 0.1) is 21.7 Å². The van der Waals surface area contributed by atoms with Gasteiger partial charge in [-0.2, -0.15) is 0 Å². The van der Waals surface area contributed by atoms with Crippen LogP contribution in [-0.4, -0.2) is 22.5 Å². The van der Waals surface area contributed by atoms with Crippen molar-refractivity contribution in [2.75, 3.05) is 11.9 Å². The quantitative estimate of drug-likeness (QED) is 0.464. The fourth-order valence-electron chi connectivity index (χ4n) is 1.31. The molecule has 0 fully saturated rings. The lowest BCUT2D eigenvalue weighted by molar-refractivity contribution is -0.384. The SMILES string of the molecule is O=C(O)CCCNc1c([N+](=O)[O-])ccc(F)c1F. The van der Waals surface area contributed by atoms with E-state index < -0.39 is 33.9 Å². The van der Waals surface area contributed by atoms with Crippen molar-refractivity contribution < 1.29 is 23.6 Å². The van der Waals surface area contributed by atoms with Gasteiger partial charge in [-0.1, -0.05) is 0 Å². The Labute approximate surface area is 100 Å². The first-order valence-corrected chi connectivity index (χ1v) is 5.01. The Bertz CT molecular complexity index is 479. The standard InChI is InChI=1S/C10H10F2N2O4/c11-6-3-4-7(14(17)18)10(9(6)12)13-5-1-2-8(15)16/h3-4,13H,1-2,5H2,(H,15,16). The third-order valence-electron chi connectivity index (χ3n) is 2.14. The maximum atomic E-state index is 13.4. The van der Waals surface area contributed by atoms with Gasteiger partial charge in [0.05, 0.1) is 4.92 Å². The molecule has 0 spiro atoms. The lowest BCUT2D eigenvalue weighted by Gasteiger charge is -2.07. The smallest absolute Gasteiger partial charge is 0.303 e. The Balaban J connectivity index is 2.82. The van der Waals surface area contributed by atoms with Crippen LogP contribution in [0.4, 0.5) is 20.2 Å². The van der Waals surface area contributed by atoms with E-state index in [0.29, 0.717) is 6.07 Å². The molecule has 1 aromatic rings. The van der Waals surface area contributed by atoms with E-state index in [0.717, 1.165) is 6.07 Å². The molecule has 6 nitrogen and oxygen atoms in total. The first-order valence-electron chi connectivity index (χ1n) is 5.01. The van der Waals surface area contributed by atoms with Crippen molar-refractivity contribution in [2.45, 2.75) is 12.8 Å². The molecular formula is C10H10F2N2O4. The number of nitro groups is 1. The van der Waals surface area contributed by atoms with Gasteiger partial charge in [0.2, 0.25) is 0 Å². The molecule has 1 rings (SSSR count). The van der Waals surface area contributed by atoms with Crippen molar-refractivity contribution in [1.29, 1.82) is 0 Å². The monoisotopic (exact) mass is 260 g/mol. The van der Waals surface area contributed by atoms with Crippen molar-refractivity contribution in [3.8, 4) is 0 Å². The fraction of sp³-hybridized carbons (Fsp3) is 0.300. The molecule has 0 aliphatic carbocycles. The maximum Gasteiger partial charge on any atom is 0.303 e. The number of nitrogens with one attached hydrogen (secondary N) is 1. The second-order valence-corrected chi connectivity index (χ2v) is 3.44. The normalized spacial score (nSPS) is 10.1. The van der Waals surface area contributed by atoms with E-state index in [1.165, 1.54) is 0 Å². The van der Waals surface area contributed by atoms with Gasteiger partial charge in [-0.3, -0.25) is 14.9 Å². The first-order chi connectivity index (χ1) is 8.43. The minimum Gasteiger partial charge on any atom is -0.481 e. The Morgan fingerprint density at radius 2 is 2.11 bits per heavy atom.